The van der Waals surface area contributed by atoms with Crippen LogP contribution >= 0.6 is 0 Å². The summed E-state index contributed by atoms with van der Waals surface area (Å²) in [6, 6.07) is 12.2. The van der Waals surface area contributed by atoms with Gasteiger partial charge in [-0.05, 0) is 25.5 Å². The molecule has 1 fully saturated rings. The van der Waals surface area contributed by atoms with Crippen LogP contribution in [-0.4, -0.2) is 71.1 Å². The SMILES string of the molecule is C=CCN(CC(=O)N1CCCN(c2ccc(-c3ccc(C)cc3)nn2)CC1)C(C)=O. The number of carbonyl (C=O) groups is 2. The van der Waals surface area contributed by atoms with Gasteiger partial charge in [-0.3, -0.25) is 9.59 Å². The Morgan fingerprint density at radius 2 is 1.83 bits per heavy atom. The molecule has 158 valence electrons. The summed E-state index contributed by atoms with van der Waals surface area (Å²) in [5.74, 6) is 0.663. The highest BCUT2D eigenvalue weighted by atomic mass is 16.2. The fourth-order valence-corrected chi connectivity index (χ4v) is 3.49. The van der Waals surface area contributed by atoms with Gasteiger partial charge in [-0.15, -0.1) is 16.8 Å². The minimum Gasteiger partial charge on any atom is -0.353 e. The van der Waals surface area contributed by atoms with Crippen LogP contribution in [-0.2, 0) is 9.59 Å². The number of hydrogen-bond acceptors (Lipinski definition) is 5. The molecule has 1 aromatic heterocycles. The first-order chi connectivity index (χ1) is 14.5. The van der Waals surface area contributed by atoms with E-state index in [1.54, 1.807) is 6.08 Å². The monoisotopic (exact) mass is 407 g/mol. The number of benzene rings is 1. The van der Waals surface area contributed by atoms with Crippen molar-refractivity contribution >= 4 is 17.6 Å². The van der Waals surface area contributed by atoms with Crippen LogP contribution in [0.25, 0.3) is 11.3 Å². The van der Waals surface area contributed by atoms with Crippen molar-refractivity contribution in [2.24, 2.45) is 0 Å². The molecule has 0 bridgehead atoms. The second-order valence-electron chi connectivity index (χ2n) is 7.55. The largest absolute Gasteiger partial charge is 0.353 e. The molecule has 0 radical (unpaired) electrons. The maximum atomic E-state index is 12.7. The Morgan fingerprint density at radius 1 is 1.07 bits per heavy atom. The number of aromatic nitrogens is 2. The first-order valence-corrected chi connectivity index (χ1v) is 10.3. The quantitative estimate of drug-likeness (QED) is 0.689. The van der Waals surface area contributed by atoms with Crippen LogP contribution in [0.4, 0.5) is 5.82 Å². The van der Waals surface area contributed by atoms with Crippen LogP contribution in [0.3, 0.4) is 0 Å². The number of anilines is 1. The van der Waals surface area contributed by atoms with Crippen LogP contribution in [0.5, 0.6) is 0 Å². The van der Waals surface area contributed by atoms with E-state index in [4.69, 9.17) is 0 Å². The van der Waals surface area contributed by atoms with E-state index in [0.717, 1.165) is 30.0 Å². The zero-order chi connectivity index (χ0) is 21.5. The molecule has 30 heavy (non-hydrogen) atoms. The number of carbonyl (C=O) groups excluding carboxylic acids is 2. The summed E-state index contributed by atoms with van der Waals surface area (Å²) in [5.41, 5.74) is 3.10. The van der Waals surface area contributed by atoms with Gasteiger partial charge in [0.1, 0.15) is 6.54 Å². The molecule has 1 aromatic carbocycles. The molecular weight excluding hydrogens is 378 g/mol. The Kier molecular flexibility index (Phi) is 7.17. The molecule has 0 saturated carbocycles. The fourth-order valence-electron chi connectivity index (χ4n) is 3.49. The summed E-state index contributed by atoms with van der Waals surface area (Å²) in [4.78, 5) is 29.8. The van der Waals surface area contributed by atoms with E-state index >= 15 is 0 Å². The van der Waals surface area contributed by atoms with Gasteiger partial charge in [0.25, 0.3) is 0 Å². The average molecular weight is 408 g/mol. The number of amides is 2. The lowest BCUT2D eigenvalue weighted by atomic mass is 10.1. The van der Waals surface area contributed by atoms with Crippen LogP contribution in [0.15, 0.2) is 49.1 Å². The van der Waals surface area contributed by atoms with Crippen molar-refractivity contribution in [2.45, 2.75) is 20.3 Å². The van der Waals surface area contributed by atoms with E-state index in [9.17, 15) is 9.59 Å². The topological polar surface area (TPSA) is 69.6 Å². The Morgan fingerprint density at radius 3 is 2.47 bits per heavy atom. The van der Waals surface area contributed by atoms with Crippen LogP contribution in [0.2, 0.25) is 0 Å². The Hall–Kier alpha value is -3.22. The molecule has 1 aliphatic heterocycles. The number of rotatable bonds is 6. The minimum absolute atomic E-state index is 0.0327. The second kappa shape index (κ2) is 10.0. The van der Waals surface area contributed by atoms with Gasteiger partial charge in [-0.1, -0.05) is 35.9 Å². The molecule has 0 atom stereocenters. The van der Waals surface area contributed by atoms with Crippen LogP contribution < -0.4 is 4.90 Å². The predicted octanol–water partition coefficient (Wildman–Crippen LogP) is 2.53. The molecule has 1 aliphatic rings. The minimum atomic E-state index is -0.122. The fraction of sp³-hybridized carbons (Fsp3) is 0.391. The van der Waals surface area contributed by atoms with Crippen molar-refractivity contribution in [3.8, 4) is 11.3 Å². The molecular formula is C23H29N5O2. The maximum Gasteiger partial charge on any atom is 0.242 e. The summed E-state index contributed by atoms with van der Waals surface area (Å²) in [6.07, 6.45) is 2.48. The van der Waals surface area contributed by atoms with E-state index in [0.29, 0.717) is 26.2 Å². The van der Waals surface area contributed by atoms with Crippen LogP contribution in [0, 0.1) is 6.92 Å². The molecule has 0 aliphatic carbocycles. The Balaban J connectivity index is 1.60. The predicted molar refractivity (Wildman–Crippen MR) is 118 cm³/mol. The van der Waals surface area contributed by atoms with Crippen molar-refractivity contribution < 1.29 is 9.59 Å². The lowest BCUT2D eigenvalue weighted by molar-refractivity contribution is -0.138. The molecule has 0 spiro atoms. The molecule has 3 rings (SSSR count). The van der Waals surface area contributed by atoms with Gasteiger partial charge < -0.3 is 14.7 Å². The first kappa shape index (κ1) is 21.5. The van der Waals surface area contributed by atoms with Crippen molar-refractivity contribution in [1.82, 2.24) is 20.0 Å². The number of hydrogen-bond donors (Lipinski definition) is 0. The van der Waals surface area contributed by atoms with Gasteiger partial charge in [0, 0.05) is 45.2 Å². The van der Waals surface area contributed by atoms with Gasteiger partial charge in [0.15, 0.2) is 5.82 Å². The molecule has 0 N–H and O–H groups in total. The van der Waals surface area contributed by atoms with Gasteiger partial charge in [-0.2, -0.15) is 0 Å². The summed E-state index contributed by atoms with van der Waals surface area (Å²) in [6.45, 7) is 10.4. The third kappa shape index (κ3) is 5.43. The molecule has 1 saturated heterocycles. The van der Waals surface area contributed by atoms with E-state index in [1.807, 2.05) is 29.2 Å². The smallest absolute Gasteiger partial charge is 0.242 e. The summed E-state index contributed by atoms with van der Waals surface area (Å²) >= 11 is 0. The van der Waals surface area contributed by atoms with E-state index in [1.165, 1.54) is 17.4 Å². The average Bonchev–Trinajstić information content (AvgIpc) is 3.00. The standard InChI is InChI=1S/C23H29N5O2/c1-4-12-28(19(3)29)17-23(30)27-14-5-13-26(15-16-27)22-11-10-21(24-25-22)20-8-6-18(2)7-9-20/h4,6-11H,1,5,12-17H2,2-3H3. The zero-order valence-electron chi connectivity index (χ0n) is 17.8. The number of aryl methyl sites for hydroxylation is 1. The van der Waals surface area contributed by atoms with Crippen molar-refractivity contribution in [1.29, 1.82) is 0 Å². The molecule has 2 amide bonds. The van der Waals surface area contributed by atoms with Gasteiger partial charge in [0.2, 0.25) is 11.8 Å². The van der Waals surface area contributed by atoms with Crippen molar-refractivity contribution in [3.05, 3.63) is 54.6 Å². The molecule has 2 aromatic rings. The molecule has 2 heterocycles. The molecule has 7 nitrogen and oxygen atoms in total. The van der Waals surface area contributed by atoms with Gasteiger partial charge in [0.05, 0.1) is 5.69 Å². The normalized spacial score (nSPS) is 14.2. The lowest BCUT2D eigenvalue weighted by Gasteiger charge is -2.25. The highest BCUT2D eigenvalue weighted by molar-refractivity contribution is 5.84. The van der Waals surface area contributed by atoms with Gasteiger partial charge in [-0.25, -0.2) is 0 Å². The van der Waals surface area contributed by atoms with E-state index in [-0.39, 0.29) is 18.4 Å². The third-order valence-electron chi connectivity index (χ3n) is 5.29. The number of nitrogens with zero attached hydrogens (tertiary/aromatic N) is 5. The molecule has 0 unspecified atom stereocenters. The van der Waals surface area contributed by atoms with E-state index < -0.39 is 0 Å². The van der Waals surface area contributed by atoms with Gasteiger partial charge >= 0.3 is 0 Å². The Bertz CT molecular complexity index is 879. The second-order valence-corrected chi connectivity index (χ2v) is 7.55. The van der Waals surface area contributed by atoms with Crippen molar-refractivity contribution in [2.75, 3.05) is 44.2 Å². The lowest BCUT2D eigenvalue weighted by Crippen LogP contribution is -2.43. The first-order valence-electron chi connectivity index (χ1n) is 10.3. The highest BCUT2D eigenvalue weighted by Crippen LogP contribution is 2.20. The maximum absolute atomic E-state index is 12.7. The molecule has 7 heteroatoms. The summed E-state index contributed by atoms with van der Waals surface area (Å²) in [7, 11) is 0. The van der Waals surface area contributed by atoms with Crippen LogP contribution in [0.1, 0.15) is 18.9 Å². The Labute approximate surface area is 178 Å². The third-order valence-corrected chi connectivity index (χ3v) is 5.29. The van der Waals surface area contributed by atoms with E-state index in [2.05, 4.69) is 40.7 Å². The van der Waals surface area contributed by atoms with Crippen molar-refractivity contribution in [3.63, 3.8) is 0 Å². The zero-order valence-corrected chi connectivity index (χ0v) is 17.8. The highest BCUT2D eigenvalue weighted by Gasteiger charge is 2.22. The summed E-state index contributed by atoms with van der Waals surface area (Å²) < 4.78 is 0. The summed E-state index contributed by atoms with van der Waals surface area (Å²) in [5, 5.41) is 8.81.